The molecule has 1 aliphatic heterocycles. The molecule has 156 valence electrons. The molecule has 1 aromatic heterocycles. The number of aliphatic hydroxyl groups excluding tert-OH is 1. The number of ketones is 1. The molecule has 0 radical (unpaired) electrons. The summed E-state index contributed by atoms with van der Waals surface area (Å²) < 4.78 is 5.25. The van der Waals surface area contributed by atoms with Gasteiger partial charge in [-0.15, -0.1) is 0 Å². The van der Waals surface area contributed by atoms with Crippen molar-refractivity contribution in [2.24, 2.45) is 0 Å². The summed E-state index contributed by atoms with van der Waals surface area (Å²) in [5.41, 5.74) is 3.70. The van der Waals surface area contributed by atoms with E-state index in [9.17, 15) is 14.7 Å². The van der Waals surface area contributed by atoms with E-state index in [1.54, 1.807) is 43.5 Å². The standard InChI is InChI=1S/C25H22N2O4/c1-15-4-9-20(16(2)14-15)27-22(17-5-7-19(31-3)8-6-17)21(24(29)25(27)30)23(28)18-10-12-26-13-11-18/h4-14,22,28H,1-3H3/b23-21+. The van der Waals surface area contributed by atoms with E-state index in [1.165, 1.54) is 17.3 Å². The zero-order valence-corrected chi connectivity index (χ0v) is 17.5. The third kappa shape index (κ3) is 3.57. The number of hydrogen-bond donors (Lipinski definition) is 1. The monoisotopic (exact) mass is 414 g/mol. The minimum absolute atomic E-state index is 0.0429. The van der Waals surface area contributed by atoms with Gasteiger partial charge in [-0.25, -0.2) is 0 Å². The third-order valence-electron chi connectivity index (χ3n) is 5.44. The average molecular weight is 414 g/mol. The number of aromatic nitrogens is 1. The lowest BCUT2D eigenvalue weighted by molar-refractivity contribution is -0.132. The van der Waals surface area contributed by atoms with E-state index >= 15 is 0 Å². The molecule has 31 heavy (non-hydrogen) atoms. The Morgan fingerprint density at radius 3 is 2.29 bits per heavy atom. The molecule has 0 aliphatic carbocycles. The van der Waals surface area contributed by atoms with Crippen molar-refractivity contribution >= 4 is 23.1 Å². The maximum Gasteiger partial charge on any atom is 0.300 e. The SMILES string of the molecule is COc1ccc(C2/C(=C(\O)c3ccncc3)C(=O)C(=O)N2c2ccc(C)cc2C)cc1. The summed E-state index contributed by atoms with van der Waals surface area (Å²) in [6, 6.07) is 15.2. The van der Waals surface area contributed by atoms with Crippen molar-refractivity contribution in [2.45, 2.75) is 19.9 Å². The van der Waals surface area contributed by atoms with Gasteiger partial charge in [-0.3, -0.25) is 19.5 Å². The van der Waals surface area contributed by atoms with Crippen LogP contribution in [0.3, 0.4) is 0 Å². The molecular weight excluding hydrogens is 392 g/mol. The topological polar surface area (TPSA) is 79.7 Å². The predicted octanol–water partition coefficient (Wildman–Crippen LogP) is 4.33. The summed E-state index contributed by atoms with van der Waals surface area (Å²) in [6.07, 6.45) is 3.05. The first-order valence-electron chi connectivity index (χ1n) is 9.85. The van der Waals surface area contributed by atoms with Crippen molar-refractivity contribution < 1.29 is 19.4 Å². The third-order valence-corrected chi connectivity index (χ3v) is 5.44. The van der Waals surface area contributed by atoms with E-state index in [2.05, 4.69) is 4.98 Å². The van der Waals surface area contributed by atoms with Gasteiger partial charge in [-0.1, -0.05) is 29.8 Å². The van der Waals surface area contributed by atoms with Gasteiger partial charge < -0.3 is 9.84 Å². The molecule has 1 atom stereocenters. The molecule has 1 saturated heterocycles. The Kier molecular flexibility index (Phi) is 5.29. The number of amides is 1. The molecule has 4 rings (SSSR count). The Balaban J connectivity index is 1.95. The van der Waals surface area contributed by atoms with Crippen LogP contribution in [0, 0.1) is 13.8 Å². The molecule has 2 heterocycles. The molecule has 1 unspecified atom stereocenters. The second kappa shape index (κ2) is 8.07. The lowest BCUT2D eigenvalue weighted by Gasteiger charge is -2.27. The Labute approximate surface area is 180 Å². The minimum Gasteiger partial charge on any atom is -0.507 e. The van der Waals surface area contributed by atoms with Crippen LogP contribution >= 0.6 is 0 Å². The number of carbonyl (C=O) groups excluding carboxylic acids is 2. The first kappa shape index (κ1) is 20.3. The van der Waals surface area contributed by atoms with Gasteiger partial charge in [-0.2, -0.15) is 0 Å². The summed E-state index contributed by atoms with van der Waals surface area (Å²) in [5.74, 6) is -0.978. The molecule has 0 bridgehead atoms. The number of ether oxygens (including phenoxy) is 1. The number of carbonyl (C=O) groups is 2. The summed E-state index contributed by atoms with van der Waals surface area (Å²) in [5, 5.41) is 11.0. The fourth-order valence-electron chi connectivity index (χ4n) is 3.92. The number of hydrogen-bond acceptors (Lipinski definition) is 5. The van der Waals surface area contributed by atoms with E-state index in [0.29, 0.717) is 22.6 Å². The molecule has 0 saturated carbocycles. The molecule has 3 aromatic rings. The van der Waals surface area contributed by atoms with Crippen LogP contribution in [-0.2, 0) is 9.59 Å². The summed E-state index contributed by atoms with van der Waals surface area (Å²) in [7, 11) is 1.57. The van der Waals surface area contributed by atoms with Gasteiger partial charge in [0.15, 0.2) is 0 Å². The van der Waals surface area contributed by atoms with E-state index in [4.69, 9.17) is 4.74 Å². The van der Waals surface area contributed by atoms with Gasteiger partial charge in [0.1, 0.15) is 11.5 Å². The first-order valence-corrected chi connectivity index (χ1v) is 9.85. The van der Waals surface area contributed by atoms with Crippen LogP contribution in [0.2, 0.25) is 0 Å². The largest absolute Gasteiger partial charge is 0.507 e. The quantitative estimate of drug-likeness (QED) is 0.390. The number of anilines is 1. The summed E-state index contributed by atoms with van der Waals surface area (Å²) in [4.78, 5) is 31.8. The molecule has 6 heteroatoms. The number of rotatable bonds is 4. The highest BCUT2D eigenvalue weighted by atomic mass is 16.5. The molecule has 1 aliphatic rings. The maximum atomic E-state index is 13.2. The van der Waals surface area contributed by atoms with Gasteiger partial charge in [0.2, 0.25) is 0 Å². The second-order valence-corrected chi connectivity index (χ2v) is 7.47. The number of nitrogens with zero attached hydrogens (tertiary/aromatic N) is 2. The van der Waals surface area contributed by atoms with Gasteiger partial charge >= 0.3 is 0 Å². The van der Waals surface area contributed by atoms with E-state index < -0.39 is 17.7 Å². The number of aryl methyl sites for hydroxylation is 2. The van der Waals surface area contributed by atoms with Crippen molar-refractivity contribution in [1.29, 1.82) is 0 Å². The Morgan fingerprint density at radius 1 is 1.00 bits per heavy atom. The lowest BCUT2D eigenvalue weighted by Crippen LogP contribution is -2.30. The summed E-state index contributed by atoms with van der Waals surface area (Å²) in [6.45, 7) is 3.87. The van der Waals surface area contributed by atoms with Crippen molar-refractivity contribution in [3.63, 3.8) is 0 Å². The minimum atomic E-state index is -0.777. The van der Waals surface area contributed by atoms with Crippen molar-refractivity contribution in [2.75, 3.05) is 12.0 Å². The first-order chi connectivity index (χ1) is 14.9. The average Bonchev–Trinajstić information content (AvgIpc) is 3.04. The number of Topliss-reactive ketones (excluding diaryl/α,β-unsaturated/α-hetero) is 1. The molecule has 1 amide bonds. The molecule has 1 fully saturated rings. The van der Waals surface area contributed by atoms with Crippen LogP contribution in [0.15, 0.2) is 72.6 Å². The highest BCUT2D eigenvalue weighted by molar-refractivity contribution is 6.51. The molecule has 2 aromatic carbocycles. The van der Waals surface area contributed by atoms with E-state index in [-0.39, 0.29) is 11.3 Å². The zero-order valence-electron chi connectivity index (χ0n) is 17.5. The number of aliphatic hydroxyl groups is 1. The number of benzene rings is 2. The van der Waals surface area contributed by atoms with Crippen LogP contribution in [0.25, 0.3) is 5.76 Å². The fourth-order valence-corrected chi connectivity index (χ4v) is 3.92. The van der Waals surface area contributed by atoms with Crippen LogP contribution in [-0.4, -0.2) is 28.9 Å². The Bertz CT molecular complexity index is 1180. The second-order valence-electron chi connectivity index (χ2n) is 7.47. The fraction of sp³-hybridized carbons (Fsp3) is 0.160. The Morgan fingerprint density at radius 2 is 1.68 bits per heavy atom. The summed E-state index contributed by atoms with van der Waals surface area (Å²) >= 11 is 0. The predicted molar refractivity (Wildman–Crippen MR) is 118 cm³/mol. The van der Waals surface area contributed by atoms with Crippen molar-refractivity contribution in [3.05, 3.63) is 94.8 Å². The van der Waals surface area contributed by atoms with Crippen LogP contribution in [0.5, 0.6) is 5.75 Å². The van der Waals surface area contributed by atoms with Gasteiger partial charge in [-0.05, 0) is 55.3 Å². The van der Waals surface area contributed by atoms with Crippen LogP contribution in [0.1, 0.15) is 28.3 Å². The maximum absolute atomic E-state index is 13.2. The molecule has 1 N–H and O–H groups in total. The van der Waals surface area contributed by atoms with E-state index in [0.717, 1.165) is 11.1 Å². The molecule has 0 spiro atoms. The normalized spacial score (nSPS) is 17.8. The zero-order chi connectivity index (χ0) is 22.1. The molecular formula is C25H22N2O4. The van der Waals surface area contributed by atoms with Crippen molar-refractivity contribution in [3.8, 4) is 5.75 Å². The highest BCUT2D eigenvalue weighted by Gasteiger charge is 2.47. The highest BCUT2D eigenvalue weighted by Crippen LogP contribution is 2.43. The number of methoxy groups -OCH3 is 1. The van der Waals surface area contributed by atoms with Gasteiger partial charge in [0.25, 0.3) is 11.7 Å². The van der Waals surface area contributed by atoms with Gasteiger partial charge in [0, 0.05) is 23.6 Å². The van der Waals surface area contributed by atoms with Crippen LogP contribution < -0.4 is 9.64 Å². The smallest absolute Gasteiger partial charge is 0.300 e. The van der Waals surface area contributed by atoms with Crippen molar-refractivity contribution in [1.82, 2.24) is 4.98 Å². The van der Waals surface area contributed by atoms with Crippen LogP contribution in [0.4, 0.5) is 5.69 Å². The lowest BCUT2D eigenvalue weighted by atomic mass is 9.95. The Hall–Kier alpha value is -3.93. The number of pyridine rings is 1. The van der Waals surface area contributed by atoms with Gasteiger partial charge in [0.05, 0.1) is 18.7 Å². The van der Waals surface area contributed by atoms with E-state index in [1.807, 2.05) is 32.0 Å². The molecule has 6 nitrogen and oxygen atoms in total.